The van der Waals surface area contributed by atoms with Gasteiger partial charge in [-0.3, -0.25) is 5.01 Å². The molecular formula is C5H11N3. The minimum Gasteiger partial charge on any atom is -0.258 e. The van der Waals surface area contributed by atoms with Gasteiger partial charge in [0.15, 0.2) is 0 Å². The summed E-state index contributed by atoms with van der Waals surface area (Å²) in [5, 5.41) is 8.88. The van der Waals surface area contributed by atoms with E-state index < -0.39 is 0 Å². The Morgan fingerprint density at radius 1 is 1.50 bits per heavy atom. The van der Waals surface area contributed by atoms with Gasteiger partial charge in [0, 0.05) is 13.2 Å². The lowest BCUT2D eigenvalue weighted by molar-refractivity contribution is 0.452. The Labute approximate surface area is 49.7 Å². The van der Waals surface area contributed by atoms with E-state index in [1.165, 1.54) is 0 Å². The summed E-state index contributed by atoms with van der Waals surface area (Å²) in [7, 11) is 3.47. The second kappa shape index (κ2) is 4.30. The molecule has 3 heteroatoms. The fourth-order valence-electron chi connectivity index (χ4n) is 0.387. The maximum atomic E-state index is 3.69. The highest BCUT2D eigenvalue weighted by Crippen LogP contribution is 1.83. The minimum absolute atomic E-state index is 1.64. The topological polar surface area (TPSA) is 28.0 Å². The summed E-state index contributed by atoms with van der Waals surface area (Å²) >= 11 is 0. The van der Waals surface area contributed by atoms with E-state index >= 15 is 0 Å². The molecule has 8 heavy (non-hydrogen) atoms. The molecule has 0 saturated carbocycles. The zero-order valence-electron chi connectivity index (χ0n) is 5.50. The van der Waals surface area contributed by atoms with Crippen LogP contribution in [0.1, 0.15) is 6.92 Å². The summed E-state index contributed by atoms with van der Waals surface area (Å²) in [6, 6.07) is 0. The Morgan fingerprint density at radius 3 is 2.50 bits per heavy atom. The van der Waals surface area contributed by atoms with Crippen molar-refractivity contribution in [1.29, 1.82) is 0 Å². The second-order valence-electron chi connectivity index (χ2n) is 1.35. The van der Waals surface area contributed by atoms with Crippen LogP contribution < -0.4 is 0 Å². The Morgan fingerprint density at radius 2 is 2.12 bits per heavy atom. The summed E-state index contributed by atoms with van der Waals surface area (Å²) in [6.45, 7) is 1.93. The molecule has 0 aromatic carbocycles. The van der Waals surface area contributed by atoms with Crippen molar-refractivity contribution >= 4 is 0 Å². The van der Waals surface area contributed by atoms with Gasteiger partial charge in [0.1, 0.15) is 0 Å². The number of rotatable bonds is 2. The zero-order valence-corrected chi connectivity index (χ0v) is 5.50. The van der Waals surface area contributed by atoms with Crippen molar-refractivity contribution in [3.63, 3.8) is 0 Å². The van der Waals surface area contributed by atoms with Crippen LogP contribution in [-0.4, -0.2) is 19.1 Å². The summed E-state index contributed by atoms with van der Waals surface area (Å²) in [4.78, 5) is 0. The SMILES string of the molecule is CC=CN(C)N=NC. The molecule has 0 saturated heterocycles. The molecule has 0 spiro atoms. The molecule has 0 unspecified atom stereocenters. The molecule has 0 aliphatic carbocycles. The van der Waals surface area contributed by atoms with Gasteiger partial charge >= 0.3 is 0 Å². The Balaban J connectivity index is 3.47. The second-order valence-corrected chi connectivity index (χ2v) is 1.35. The molecule has 46 valence electrons. The van der Waals surface area contributed by atoms with Crippen molar-refractivity contribution < 1.29 is 0 Å². The largest absolute Gasteiger partial charge is 0.258 e. The highest BCUT2D eigenvalue weighted by atomic mass is 15.5. The van der Waals surface area contributed by atoms with Crippen molar-refractivity contribution in [1.82, 2.24) is 5.01 Å². The Kier molecular flexibility index (Phi) is 3.84. The first-order chi connectivity index (χ1) is 3.81. The quantitative estimate of drug-likeness (QED) is 0.393. The zero-order chi connectivity index (χ0) is 6.41. The average Bonchev–Trinajstić information content (AvgIpc) is 1.68. The predicted molar refractivity (Wildman–Crippen MR) is 33.4 cm³/mol. The summed E-state index contributed by atoms with van der Waals surface area (Å²) in [5.74, 6) is 0. The van der Waals surface area contributed by atoms with Crippen LogP contribution in [0.2, 0.25) is 0 Å². The molecule has 0 fully saturated rings. The van der Waals surface area contributed by atoms with Gasteiger partial charge in [-0.25, -0.2) is 0 Å². The van der Waals surface area contributed by atoms with E-state index in [1.807, 2.05) is 26.2 Å². The molecule has 0 radical (unpaired) electrons. The average molecular weight is 113 g/mol. The number of hydrogen-bond acceptors (Lipinski definition) is 2. The molecule has 0 bridgehead atoms. The standard InChI is InChI=1S/C5H11N3/c1-4-5-8(3)7-6-2/h4-5H,1-3H3. The van der Waals surface area contributed by atoms with Crippen molar-refractivity contribution in [2.24, 2.45) is 10.3 Å². The number of hydrogen-bond donors (Lipinski definition) is 0. The highest BCUT2D eigenvalue weighted by molar-refractivity contribution is 4.72. The van der Waals surface area contributed by atoms with E-state index in [0.29, 0.717) is 0 Å². The fraction of sp³-hybridized carbons (Fsp3) is 0.600. The van der Waals surface area contributed by atoms with Gasteiger partial charge in [0.2, 0.25) is 0 Å². The van der Waals surface area contributed by atoms with Crippen molar-refractivity contribution in [2.75, 3.05) is 14.1 Å². The van der Waals surface area contributed by atoms with E-state index in [-0.39, 0.29) is 0 Å². The van der Waals surface area contributed by atoms with Crippen LogP contribution in [0.3, 0.4) is 0 Å². The van der Waals surface area contributed by atoms with E-state index in [4.69, 9.17) is 0 Å². The molecule has 0 rings (SSSR count). The normalized spacial score (nSPS) is 11.4. The lowest BCUT2D eigenvalue weighted by Gasteiger charge is -2.00. The first-order valence-corrected chi connectivity index (χ1v) is 2.46. The van der Waals surface area contributed by atoms with E-state index in [1.54, 1.807) is 12.1 Å². The van der Waals surface area contributed by atoms with Gasteiger partial charge in [-0.05, 0) is 6.92 Å². The maximum Gasteiger partial charge on any atom is 0.0509 e. The molecule has 0 aliphatic heterocycles. The van der Waals surface area contributed by atoms with Crippen LogP contribution in [0, 0.1) is 0 Å². The third-order valence-corrected chi connectivity index (χ3v) is 0.595. The van der Waals surface area contributed by atoms with Gasteiger partial charge < -0.3 is 0 Å². The lowest BCUT2D eigenvalue weighted by Crippen LogP contribution is -1.97. The van der Waals surface area contributed by atoms with Gasteiger partial charge in [-0.15, -0.1) is 0 Å². The van der Waals surface area contributed by atoms with Crippen LogP contribution in [0.5, 0.6) is 0 Å². The summed E-state index contributed by atoms with van der Waals surface area (Å²) in [6.07, 6.45) is 3.72. The lowest BCUT2D eigenvalue weighted by atomic mass is 10.7. The predicted octanol–water partition coefficient (Wildman–Crippen LogP) is 1.45. The molecule has 0 aliphatic rings. The van der Waals surface area contributed by atoms with Gasteiger partial charge in [-0.2, -0.15) is 5.11 Å². The smallest absolute Gasteiger partial charge is 0.0509 e. The number of nitrogens with zero attached hydrogens (tertiary/aromatic N) is 3. The van der Waals surface area contributed by atoms with Crippen LogP contribution in [0.15, 0.2) is 22.6 Å². The van der Waals surface area contributed by atoms with Crippen molar-refractivity contribution in [2.45, 2.75) is 6.92 Å². The highest BCUT2D eigenvalue weighted by Gasteiger charge is 1.76. The van der Waals surface area contributed by atoms with Crippen molar-refractivity contribution in [3.05, 3.63) is 12.3 Å². The first-order valence-electron chi connectivity index (χ1n) is 2.46. The summed E-state index contributed by atoms with van der Waals surface area (Å²) in [5.41, 5.74) is 0. The maximum absolute atomic E-state index is 3.69. The van der Waals surface area contributed by atoms with Crippen LogP contribution in [-0.2, 0) is 0 Å². The molecule has 0 aromatic heterocycles. The monoisotopic (exact) mass is 113 g/mol. The molecule has 0 aromatic rings. The molecule has 0 N–H and O–H groups in total. The van der Waals surface area contributed by atoms with E-state index in [2.05, 4.69) is 10.3 Å². The van der Waals surface area contributed by atoms with Crippen LogP contribution in [0.4, 0.5) is 0 Å². The Bertz CT molecular complexity index is 83.8. The Hall–Kier alpha value is -0.860. The molecule has 0 amide bonds. The molecular weight excluding hydrogens is 102 g/mol. The van der Waals surface area contributed by atoms with E-state index in [9.17, 15) is 0 Å². The van der Waals surface area contributed by atoms with Gasteiger partial charge in [-0.1, -0.05) is 11.3 Å². The minimum atomic E-state index is 1.64. The molecule has 0 atom stereocenters. The van der Waals surface area contributed by atoms with E-state index in [0.717, 1.165) is 0 Å². The third-order valence-electron chi connectivity index (χ3n) is 0.595. The molecule has 3 nitrogen and oxygen atoms in total. The number of allylic oxidation sites excluding steroid dienone is 1. The van der Waals surface area contributed by atoms with Gasteiger partial charge in [0.05, 0.1) is 7.05 Å². The third kappa shape index (κ3) is 3.33. The first kappa shape index (κ1) is 7.14. The van der Waals surface area contributed by atoms with Crippen LogP contribution in [0.25, 0.3) is 0 Å². The van der Waals surface area contributed by atoms with Gasteiger partial charge in [0.25, 0.3) is 0 Å². The molecule has 0 heterocycles. The fourth-order valence-corrected chi connectivity index (χ4v) is 0.387. The summed E-state index contributed by atoms with van der Waals surface area (Å²) < 4.78 is 0. The van der Waals surface area contributed by atoms with Crippen molar-refractivity contribution in [3.8, 4) is 0 Å². The van der Waals surface area contributed by atoms with Crippen LogP contribution >= 0.6 is 0 Å².